The quantitative estimate of drug-likeness (QED) is 0.724. The average Bonchev–Trinajstić information content (AvgIpc) is 3.10. The number of carbonyl (C=O) groups excluding carboxylic acids is 2. The van der Waals surface area contributed by atoms with Gasteiger partial charge in [-0.3, -0.25) is 9.59 Å². The summed E-state index contributed by atoms with van der Waals surface area (Å²) in [5.41, 5.74) is 3.19. The summed E-state index contributed by atoms with van der Waals surface area (Å²) in [6.07, 6.45) is 2.04. The Morgan fingerprint density at radius 3 is 2.50 bits per heavy atom. The van der Waals surface area contributed by atoms with Gasteiger partial charge in [-0.1, -0.05) is 42.5 Å². The number of rotatable bonds is 3. The van der Waals surface area contributed by atoms with Gasteiger partial charge >= 0.3 is 0 Å². The number of benzene rings is 2. The van der Waals surface area contributed by atoms with Crippen LogP contribution < -0.4 is 0 Å². The zero-order valence-corrected chi connectivity index (χ0v) is 14.0. The van der Waals surface area contributed by atoms with Crippen LogP contribution in [0.1, 0.15) is 17.2 Å². The van der Waals surface area contributed by atoms with E-state index in [2.05, 4.69) is 22.8 Å². The average molecular weight is 336 g/mol. The molecule has 0 radical (unpaired) electrons. The van der Waals surface area contributed by atoms with Crippen molar-refractivity contribution in [3.8, 4) is 0 Å². The van der Waals surface area contributed by atoms with Gasteiger partial charge in [0.2, 0.25) is 5.12 Å². The van der Waals surface area contributed by atoms with Crippen molar-refractivity contribution in [2.45, 2.75) is 12.6 Å². The van der Waals surface area contributed by atoms with Gasteiger partial charge in [0.25, 0.3) is 5.24 Å². The van der Waals surface area contributed by atoms with Crippen molar-refractivity contribution < 1.29 is 9.59 Å². The predicted octanol–water partition coefficient (Wildman–Crippen LogP) is 4.06. The van der Waals surface area contributed by atoms with Gasteiger partial charge in [-0.2, -0.15) is 0 Å². The summed E-state index contributed by atoms with van der Waals surface area (Å²) in [6, 6.07) is 17.7. The number of hydrogen-bond donors (Lipinski definition) is 0. The molecule has 1 amide bonds. The number of aromatic nitrogens is 1. The van der Waals surface area contributed by atoms with E-state index in [-0.39, 0.29) is 10.4 Å². The Hall–Kier alpha value is -2.53. The van der Waals surface area contributed by atoms with Crippen LogP contribution in [0.15, 0.2) is 60.8 Å². The first-order chi connectivity index (χ1) is 11.6. The summed E-state index contributed by atoms with van der Waals surface area (Å²) < 4.78 is 2.17. The standard InChI is InChI=1S/C19H16N2O2S/c1-20-17(18(22)24-19(20)23)15-8-5-9-16-14(15)10-11-21(16)12-13-6-3-2-4-7-13/h2-11,17H,12H2,1H3. The molecule has 0 aliphatic carbocycles. The van der Waals surface area contributed by atoms with E-state index in [0.717, 1.165) is 34.8 Å². The van der Waals surface area contributed by atoms with Crippen molar-refractivity contribution in [2.75, 3.05) is 7.05 Å². The predicted molar refractivity (Wildman–Crippen MR) is 96.0 cm³/mol. The molecule has 1 aromatic heterocycles. The Labute approximate surface area is 144 Å². The summed E-state index contributed by atoms with van der Waals surface area (Å²) in [4.78, 5) is 25.6. The molecule has 1 atom stereocenters. The maximum Gasteiger partial charge on any atom is 0.289 e. The molecule has 2 aromatic carbocycles. The Morgan fingerprint density at radius 2 is 1.79 bits per heavy atom. The van der Waals surface area contributed by atoms with Crippen LogP contribution in [0, 0.1) is 0 Å². The first-order valence-corrected chi connectivity index (χ1v) is 8.57. The number of likely N-dealkylation sites (N-methyl/N-ethyl adjacent to an activating group) is 1. The molecule has 1 aliphatic rings. The molecular formula is C19H16N2O2S. The molecular weight excluding hydrogens is 320 g/mol. The number of hydrogen-bond acceptors (Lipinski definition) is 3. The lowest BCUT2D eigenvalue weighted by atomic mass is 10.0. The van der Waals surface area contributed by atoms with Gasteiger partial charge in [0.15, 0.2) is 0 Å². The molecule has 0 N–H and O–H groups in total. The molecule has 3 aromatic rings. The minimum absolute atomic E-state index is 0.106. The van der Waals surface area contributed by atoms with Crippen molar-refractivity contribution in [1.82, 2.24) is 9.47 Å². The molecule has 24 heavy (non-hydrogen) atoms. The van der Waals surface area contributed by atoms with Crippen LogP contribution in [0.5, 0.6) is 0 Å². The van der Waals surface area contributed by atoms with Crippen LogP contribution in [0.4, 0.5) is 4.79 Å². The lowest BCUT2D eigenvalue weighted by Gasteiger charge is -2.18. The van der Waals surface area contributed by atoms with Crippen molar-refractivity contribution in [2.24, 2.45) is 0 Å². The fraction of sp³-hybridized carbons (Fsp3) is 0.158. The van der Waals surface area contributed by atoms with E-state index in [1.54, 1.807) is 7.05 Å². The highest BCUT2D eigenvalue weighted by Gasteiger charge is 2.39. The third-order valence-electron chi connectivity index (χ3n) is 4.42. The number of thioether (sulfide) groups is 1. The van der Waals surface area contributed by atoms with Gasteiger partial charge in [0, 0.05) is 42.5 Å². The second-order valence-electron chi connectivity index (χ2n) is 5.91. The van der Waals surface area contributed by atoms with Crippen molar-refractivity contribution in [1.29, 1.82) is 0 Å². The molecule has 0 bridgehead atoms. The minimum Gasteiger partial charge on any atom is -0.343 e. The number of amides is 1. The lowest BCUT2D eigenvalue weighted by Crippen LogP contribution is -2.23. The van der Waals surface area contributed by atoms with E-state index in [0.29, 0.717) is 0 Å². The Morgan fingerprint density at radius 1 is 1.00 bits per heavy atom. The fourth-order valence-electron chi connectivity index (χ4n) is 3.22. The third-order valence-corrected chi connectivity index (χ3v) is 5.31. The SMILES string of the molecule is CN1C(=O)SC(=O)C1c1cccc2c1ccn2Cc1ccccc1. The van der Waals surface area contributed by atoms with Gasteiger partial charge < -0.3 is 9.47 Å². The topological polar surface area (TPSA) is 42.3 Å². The molecule has 0 saturated carbocycles. The molecule has 1 saturated heterocycles. The largest absolute Gasteiger partial charge is 0.343 e. The Kier molecular flexibility index (Phi) is 3.65. The van der Waals surface area contributed by atoms with E-state index < -0.39 is 6.04 Å². The monoisotopic (exact) mass is 336 g/mol. The van der Waals surface area contributed by atoms with E-state index in [9.17, 15) is 9.59 Å². The zero-order chi connectivity index (χ0) is 16.7. The molecule has 0 spiro atoms. The lowest BCUT2D eigenvalue weighted by molar-refractivity contribution is -0.113. The Bertz CT molecular complexity index is 933. The molecule has 1 aliphatic heterocycles. The maximum atomic E-state index is 12.2. The number of nitrogens with zero attached hydrogens (tertiary/aromatic N) is 2. The first-order valence-electron chi connectivity index (χ1n) is 7.75. The summed E-state index contributed by atoms with van der Waals surface area (Å²) >= 11 is 0.791. The van der Waals surface area contributed by atoms with Crippen LogP contribution in [-0.4, -0.2) is 26.9 Å². The van der Waals surface area contributed by atoms with Crippen LogP contribution >= 0.6 is 11.8 Å². The molecule has 1 unspecified atom stereocenters. The second-order valence-corrected chi connectivity index (χ2v) is 6.87. The summed E-state index contributed by atoms with van der Waals surface area (Å²) in [5.74, 6) is 0. The van der Waals surface area contributed by atoms with Gasteiger partial charge in [0.1, 0.15) is 6.04 Å². The van der Waals surface area contributed by atoms with Crippen LogP contribution in [0.2, 0.25) is 0 Å². The van der Waals surface area contributed by atoms with Gasteiger partial charge in [0.05, 0.1) is 0 Å². The van der Waals surface area contributed by atoms with Gasteiger partial charge in [-0.05, 0) is 23.3 Å². The highest BCUT2D eigenvalue weighted by molar-refractivity contribution is 8.26. The van der Waals surface area contributed by atoms with Gasteiger partial charge in [-0.15, -0.1) is 0 Å². The maximum absolute atomic E-state index is 12.2. The van der Waals surface area contributed by atoms with E-state index >= 15 is 0 Å². The highest BCUT2D eigenvalue weighted by Crippen LogP contribution is 2.38. The smallest absolute Gasteiger partial charge is 0.289 e. The fourth-order valence-corrected chi connectivity index (χ4v) is 4.03. The van der Waals surface area contributed by atoms with E-state index in [4.69, 9.17) is 0 Å². The highest BCUT2D eigenvalue weighted by atomic mass is 32.2. The van der Waals surface area contributed by atoms with Crippen LogP contribution in [0.25, 0.3) is 10.9 Å². The van der Waals surface area contributed by atoms with Crippen molar-refractivity contribution in [3.63, 3.8) is 0 Å². The summed E-state index contributed by atoms with van der Waals surface area (Å²) in [6.45, 7) is 0.774. The molecule has 120 valence electrons. The van der Waals surface area contributed by atoms with Crippen molar-refractivity contribution in [3.05, 3.63) is 71.9 Å². The van der Waals surface area contributed by atoms with Crippen LogP contribution in [-0.2, 0) is 11.3 Å². The summed E-state index contributed by atoms with van der Waals surface area (Å²) in [5, 5.41) is 0.727. The molecule has 2 heterocycles. The number of carbonyl (C=O) groups is 2. The van der Waals surface area contributed by atoms with Crippen molar-refractivity contribution >= 4 is 33.0 Å². The second kappa shape index (κ2) is 5.83. The van der Waals surface area contributed by atoms with Crippen LogP contribution in [0.3, 0.4) is 0 Å². The molecule has 4 nitrogen and oxygen atoms in total. The van der Waals surface area contributed by atoms with Gasteiger partial charge in [-0.25, -0.2) is 0 Å². The Balaban J connectivity index is 1.77. The minimum atomic E-state index is -0.501. The zero-order valence-electron chi connectivity index (χ0n) is 13.2. The molecule has 5 heteroatoms. The van der Waals surface area contributed by atoms with E-state index in [1.807, 2.05) is 42.6 Å². The van der Waals surface area contributed by atoms with E-state index in [1.165, 1.54) is 10.5 Å². The normalized spacial score (nSPS) is 17.9. The third kappa shape index (κ3) is 2.41. The number of fused-ring (bicyclic) bond motifs is 1. The first kappa shape index (κ1) is 15.0. The molecule has 1 fully saturated rings. The molecule has 4 rings (SSSR count). The summed E-state index contributed by atoms with van der Waals surface area (Å²) in [7, 11) is 1.69.